The molecule has 1 N–H and O–H groups in total. The summed E-state index contributed by atoms with van der Waals surface area (Å²) in [5, 5.41) is 9.53. The van der Waals surface area contributed by atoms with Crippen molar-refractivity contribution in [2.45, 2.75) is 0 Å². The third kappa shape index (κ3) is 3.10. The number of anilines is 1. The summed E-state index contributed by atoms with van der Waals surface area (Å²) < 4.78 is 12.4. The Morgan fingerprint density at radius 3 is 2.82 bits per heavy atom. The summed E-state index contributed by atoms with van der Waals surface area (Å²) in [6.45, 7) is 0.229. The van der Waals surface area contributed by atoms with Gasteiger partial charge >= 0.3 is 0 Å². The Hall–Kier alpha value is -3.65. The molecule has 0 spiro atoms. The number of rotatable bonds is 4. The normalized spacial score (nSPS) is 12.1. The highest BCUT2D eigenvalue weighted by Gasteiger charge is 2.16. The zero-order valence-electron chi connectivity index (χ0n) is 14.5. The van der Waals surface area contributed by atoms with Crippen LogP contribution < -0.4 is 14.8 Å². The first-order valence-corrected chi connectivity index (χ1v) is 9.42. The monoisotopic (exact) mass is 390 g/mol. The fourth-order valence-corrected chi connectivity index (χ4v) is 3.57. The maximum absolute atomic E-state index is 12.5. The Balaban J connectivity index is 1.32. The molecule has 7 nitrogen and oxygen atoms in total. The van der Waals surface area contributed by atoms with Gasteiger partial charge in [-0.2, -0.15) is 5.10 Å². The average molecular weight is 390 g/mol. The molecule has 0 radical (unpaired) electrons. The van der Waals surface area contributed by atoms with Crippen LogP contribution in [-0.4, -0.2) is 27.5 Å². The Labute approximate surface area is 164 Å². The quantitative estimate of drug-likeness (QED) is 0.570. The van der Waals surface area contributed by atoms with Gasteiger partial charge in [-0.1, -0.05) is 18.2 Å². The first kappa shape index (κ1) is 16.5. The van der Waals surface area contributed by atoms with Crippen LogP contribution in [0.3, 0.4) is 0 Å². The van der Waals surface area contributed by atoms with Crippen LogP contribution in [0.15, 0.2) is 66.2 Å². The van der Waals surface area contributed by atoms with Crippen molar-refractivity contribution in [1.29, 1.82) is 0 Å². The molecular weight excluding hydrogens is 376 g/mol. The van der Waals surface area contributed by atoms with Crippen LogP contribution in [0, 0.1) is 0 Å². The van der Waals surface area contributed by atoms with E-state index in [4.69, 9.17) is 9.47 Å². The Morgan fingerprint density at radius 2 is 1.93 bits per heavy atom. The van der Waals surface area contributed by atoms with Crippen LogP contribution in [0.5, 0.6) is 11.5 Å². The third-order valence-corrected chi connectivity index (χ3v) is 4.99. The second-order valence-electron chi connectivity index (χ2n) is 6.04. The van der Waals surface area contributed by atoms with E-state index in [1.807, 2.05) is 53.9 Å². The molecule has 0 fully saturated rings. The number of hydrogen-bond donors (Lipinski definition) is 1. The fraction of sp³-hybridized carbons (Fsp3) is 0.0500. The maximum Gasteiger partial charge on any atom is 0.277 e. The number of aromatic nitrogens is 3. The molecule has 28 heavy (non-hydrogen) atoms. The van der Waals surface area contributed by atoms with Gasteiger partial charge in [0.05, 0.1) is 11.4 Å². The SMILES string of the molecule is O=C(Nc1nc(-c2ccc3c(c2)OCO3)cs1)c1ccn(-c2ccccc2)n1. The van der Waals surface area contributed by atoms with Crippen LogP contribution in [0.2, 0.25) is 0 Å². The number of amides is 1. The van der Waals surface area contributed by atoms with Crippen molar-refractivity contribution in [2.24, 2.45) is 0 Å². The molecule has 1 aliphatic rings. The van der Waals surface area contributed by atoms with Crippen molar-refractivity contribution in [3.8, 4) is 28.4 Å². The first-order chi connectivity index (χ1) is 13.8. The summed E-state index contributed by atoms with van der Waals surface area (Å²) in [6.07, 6.45) is 1.75. The number of carbonyl (C=O) groups is 1. The summed E-state index contributed by atoms with van der Waals surface area (Å²) in [5.74, 6) is 1.12. The summed E-state index contributed by atoms with van der Waals surface area (Å²) in [7, 11) is 0. The lowest BCUT2D eigenvalue weighted by molar-refractivity contribution is 0.102. The molecule has 2 aromatic heterocycles. The van der Waals surface area contributed by atoms with Crippen LogP contribution in [-0.2, 0) is 0 Å². The number of hydrogen-bond acceptors (Lipinski definition) is 6. The highest BCUT2D eigenvalue weighted by Crippen LogP contribution is 2.36. The molecule has 0 saturated carbocycles. The number of thiazole rings is 1. The number of ether oxygens (including phenoxy) is 2. The number of fused-ring (bicyclic) bond motifs is 1. The van der Waals surface area contributed by atoms with Crippen molar-refractivity contribution < 1.29 is 14.3 Å². The smallest absolute Gasteiger partial charge is 0.277 e. The van der Waals surface area contributed by atoms with Crippen molar-refractivity contribution >= 4 is 22.4 Å². The second-order valence-corrected chi connectivity index (χ2v) is 6.90. The van der Waals surface area contributed by atoms with Gasteiger partial charge in [0.15, 0.2) is 22.3 Å². The minimum atomic E-state index is -0.304. The van der Waals surface area contributed by atoms with Gasteiger partial charge in [0.25, 0.3) is 5.91 Å². The van der Waals surface area contributed by atoms with Crippen LogP contribution >= 0.6 is 11.3 Å². The van der Waals surface area contributed by atoms with E-state index >= 15 is 0 Å². The largest absolute Gasteiger partial charge is 0.454 e. The van der Waals surface area contributed by atoms with Gasteiger partial charge < -0.3 is 9.47 Å². The first-order valence-electron chi connectivity index (χ1n) is 8.54. The van der Waals surface area contributed by atoms with Gasteiger partial charge in [0.1, 0.15) is 0 Å². The number of para-hydroxylation sites is 1. The molecule has 5 rings (SSSR count). The average Bonchev–Trinajstić information content (AvgIpc) is 3.48. The van der Waals surface area contributed by atoms with Crippen molar-refractivity contribution in [3.05, 3.63) is 71.9 Å². The lowest BCUT2D eigenvalue weighted by Gasteiger charge is -2.01. The minimum Gasteiger partial charge on any atom is -0.454 e. The van der Waals surface area contributed by atoms with Gasteiger partial charge in [-0.15, -0.1) is 11.3 Å². The zero-order chi connectivity index (χ0) is 18.9. The summed E-state index contributed by atoms with van der Waals surface area (Å²) in [5.41, 5.74) is 2.87. The minimum absolute atomic E-state index is 0.229. The second kappa shape index (κ2) is 6.82. The van der Waals surface area contributed by atoms with E-state index < -0.39 is 0 Å². The molecule has 8 heteroatoms. The van der Waals surface area contributed by atoms with E-state index in [9.17, 15) is 4.79 Å². The highest BCUT2D eigenvalue weighted by atomic mass is 32.1. The topological polar surface area (TPSA) is 78.3 Å². The number of carbonyl (C=O) groups excluding carboxylic acids is 1. The molecule has 0 saturated heterocycles. The predicted octanol–water partition coefficient (Wildman–Crippen LogP) is 3.98. The zero-order valence-corrected chi connectivity index (χ0v) is 15.3. The van der Waals surface area contributed by atoms with E-state index in [0.29, 0.717) is 16.6 Å². The van der Waals surface area contributed by atoms with Crippen molar-refractivity contribution in [1.82, 2.24) is 14.8 Å². The molecule has 2 aromatic carbocycles. The molecule has 1 aliphatic heterocycles. The van der Waals surface area contributed by atoms with Gasteiger partial charge in [-0.3, -0.25) is 10.1 Å². The van der Waals surface area contributed by atoms with E-state index in [2.05, 4.69) is 15.4 Å². The van der Waals surface area contributed by atoms with E-state index in [1.165, 1.54) is 11.3 Å². The lowest BCUT2D eigenvalue weighted by Crippen LogP contribution is -2.13. The molecule has 0 atom stereocenters. The van der Waals surface area contributed by atoms with Crippen molar-refractivity contribution in [2.75, 3.05) is 12.1 Å². The van der Waals surface area contributed by atoms with Gasteiger partial charge in [-0.05, 0) is 36.4 Å². The van der Waals surface area contributed by atoms with E-state index in [-0.39, 0.29) is 12.7 Å². The summed E-state index contributed by atoms with van der Waals surface area (Å²) >= 11 is 1.35. The van der Waals surface area contributed by atoms with Crippen LogP contribution in [0.25, 0.3) is 16.9 Å². The third-order valence-electron chi connectivity index (χ3n) is 4.24. The lowest BCUT2D eigenvalue weighted by atomic mass is 10.1. The molecule has 0 bridgehead atoms. The molecule has 1 amide bonds. The van der Waals surface area contributed by atoms with Crippen LogP contribution in [0.1, 0.15) is 10.5 Å². The standard InChI is InChI=1S/C20H14N4O3S/c25-19(15-8-9-24(23-15)14-4-2-1-3-5-14)22-20-21-16(11-28-20)13-6-7-17-18(10-13)27-12-26-17/h1-11H,12H2,(H,21,22,25). The van der Waals surface area contributed by atoms with Crippen molar-refractivity contribution in [3.63, 3.8) is 0 Å². The fourth-order valence-electron chi connectivity index (χ4n) is 2.85. The molecule has 0 aliphatic carbocycles. The van der Waals surface area contributed by atoms with E-state index in [0.717, 1.165) is 22.7 Å². The highest BCUT2D eigenvalue weighted by molar-refractivity contribution is 7.14. The Kier molecular flexibility index (Phi) is 4.02. The summed E-state index contributed by atoms with van der Waals surface area (Å²) in [6, 6.07) is 16.9. The maximum atomic E-state index is 12.5. The van der Waals surface area contributed by atoms with Gasteiger partial charge in [0, 0.05) is 17.1 Å². The number of benzene rings is 2. The Bertz CT molecular complexity index is 1150. The molecule has 4 aromatic rings. The van der Waals surface area contributed by atoms with E-state index in [1.54, 1.807) is 16.9 Å². The van der Waals surface area contributed by atoms with Crippen LogP contribution in [0.4, 0.5) is 5.13 Å². The number of nitrogens with one attached hydrogen (secondary N) is 1. The summed E-state index contributed by atoms with van der Waals surface area (Å²) in [4.78, 5) is 17.0. The molecule has 3 heterocycles. The molecular formula is C20H14N4O3S. The molecule has 138 valence electrons. The van der Waals surface area contributed by atoms with Gasteiger partial charge in [-0.25, -0.2) is 9.67 Å². The Morgan fingerprint density at radius 1 is 1.07 bits per heavy atom. The predicted molar refractivity (Wildman–Crippen MR) is 105 cm³/mol. The number of nitrogens with zero attached hydrogens (tertiary/aromatic N) is 3. The van der Waals surface area contributed by atoms with Gasteiger partial charge in [0.2, 0.25) is 6.79 Å². The molecule has 0 unspecified atom stereocenters.